The van der Waals surface area contributed by atoms with Gasteiger partial charge in [-0.3, -0.25) is 4.98 Å². The van der Waals surface area contributed by atoms with E-state index in [4.69, 9.17) is 5.73 Å². The number of fused-ring (bicyclic) bond motifs is 1. The van der Waals surface area contributed by atoms with Crippen molar-refractivity contribution in [1.82, 2.24) is 4.98 Å². The van der Waals surface area contributed by atoms with Crippen molar-refractivity contribution in [3.8, 4) is 0 Å². The van der Waals surface area contributed by atoms with E-state index in [1.54, 1.807) is 12.3 Å². The molecule has 1 aromatic heterocycles. The summed E-state index contributed by atoms with van der Waals surface area (Å²) in [7, 11) is 0. The number of hydrogen-bond acceptors (Lipinski definition) is 2. The van der Waals surface area contributed by atoms with Gasteiger partial charge in [-0.1, -0.05) is 22.0 Å². The first-order valence-corrected chi connectivity index (χ1v) is 4.37. The summed E-state index contributed by atoms with van der Waals surface area (Å²) in [5, 5.41) is 0.986. The van der Waals surface area contributed by atoms with E-state index in [0.29, 0.717) is 0 Å². The van der Waals surface area contributed by atoms with Gasteiger partial charge in [0, 0.05) is 21.7 Å². The van der Waals surface area contributed by atoms with Gasteiger partial charge in [-0.25, -0.2) is 0 Å². The molecular formula is C9H7BrN2. The van der Waals surface area contributed by atoms with Crippen molar-refractivity contribution in [2.24, 2.45) is 0 Å². The molecule has 0 atom stereocenters. The minimum atomic E-state index is 0.757. The van der Waals surface area contributed by atoms with E-state index in [2.05, 4.69) is 20.9 Å². The van der Waals surface area contributed by atoms with E-state index in [0.717, 1.165) is 21.1 Å². The molecule has 2 N–H and O–H groups in total. The van der Waals surface area contributed by atoms with E-state index >= 15 is 0 Å². The van der Waals surface area contributed by atoms with Crippen molar-refractivity contribution >= 4 is 32.5 Å². The molecule has 1 heterocycles. The average molecular weight is 223 g/mol. The standard InChI is InChI=1S/C9H7BrN2/c10-6-2-1-3-8-9(6)7(11)4-5-12-8/h1-5H,(H2,11,12). The Morgan fingerprint density at radius 1 is 1.25 bits per heavy atom. The monoisotopic (exact) mass is 222 g/mol. The molecule has 2 nitrogen and oxygen atoms in total. The molecule has 0 aliphatic rings. The predicted octanol–water partition coefficient (Wildman–Crippen LogP) is 2.58. The first-order valence-electron chi connectivity index (χ1n) is 3.58. The van der Waals surface area contributed by atoms with Crippen molar-refractivity contribution in [3.63, 3.8) is 0 Å². The Kier molecular flexibility index (Phi) is 1.73. The predicted molar refractivity (Wildman–Crippen MR) is 53.9 cm³/mol. The number of aromatic nitrogens is 1. The molecule has 0 bridgehead atoms. The lowest BCUT2D eigenvalue weighted by molar-refractivity contribution is 1.41. The van der Waals surface area contributed by atoms with Crippen LogP contribution in [0.2, 0.25) is 0 Å². The Morgan fingerprint density at radius 3 is 2.83 bits per heavy atom. The average Bonchev–Trinajstić information content (AvgIpc) is 2.04. The summed E-state index contributed by atoms with van der Waals surface area (Å²) in [4.78, 5) is 4.19. The van der Waals surface area contributed by atoms with Crippen LogP contribution in [0.5, 0.6) is 0 Å². The van der Waals surface area contributed by atoms with Gasteiger partial charge in [-0.15, -0.1) is 0 Å². The molecule has 0 unspecified atom stereocenters. The fourth-order valence-electron chi connectivity index (χ4n) is 1.19. The second-order valence-electron chi connectivity index (χ2n) is 2.53. The lowest BCUT2D eigenvalue weighted by Gasteiger charge is -2.01. The molecule has 0 saturated carbocycles. The molecule has 0 fully saturated rings. The van der Waals surface area contributed by atoms with Crippen LogP contribution in [-0.2, 0) is 0 Å². The van der Waals surface area contributed by atoms with E-state index < -0.39 is 0 Å². The maximum atomic E-state index is 5.79. The Bertz CT molecular complexity index is 389. The van der Waals surface area contributed by atoms with Gasteiger partial charge in [0.05, 0.1) is 5.52 Å². The van der Waals surface area contributed by atoms with Crippen LogP contribution in [0.25, 0.3) is 10.9 Å². The largest absolute Gasteiger partial charge is 0.398 e. The van der Waals surface area contributed by atoms with Gasteiger partial charge in [0.25, 0.3) is 0 Å². The van der Waals surface area contributed by atoms with E-state index in [9.17, 15) is 0 Å². The minimum absolute atomic E-state index is 0.757. The Morgan fingerprint density at radius 2 is 2.08 bits per heavy atom. The normalized spacial score (nSPS) is 10.4. The number of nitrogens with zero attached hydrogens (tertiary/aromatic N) is 1. The fraction of sp³-hybridized carbons (Fsp3) is 0. The molecule has 0 radical (unpaired) electrons. The van der Waals surface area contributed by atoms with Gasteiger partial charge >= 0.3 is 0 Å². The molecule has 0 aliphatic heterocycles. The lowest BCUT2D eigenvalue weighted by Crippen LogP contribution is -1.88. The highest BCUT2D eigenvalue weighted by Crippen LogP contribution is 2.26. The SMILES string of the molecule is Nc1ccnc2cccc(Br)c12. The van der Waals surface area contributed by atoms with Crippen molar-refractivity contribution in [2.45, 2.75) is 0 Å². The molecule has 0 amide bonds. The molecule has 2 aromatic rings. The second kappa shape index (κ2) is 2.75. The molecule has 1 aromatic carbocycles. The van der Waals surface area contributed by atoms with Gasteiger partial charge < -0.3 is 5.73 Å². The topological polar surface area (TPSA) is 38.9 Å². The van der Waals surface area contributed by atoms with Gasteiger partial charge in [-0.2, -0.15) is 0 Å². The highest BCUT2D eigenvalue weighted by atomic mass is 79.9. The van der Waals surface area contributed by atoms with Crippen LogP contribution in [0.3, 0.4) is 0 Å². The van der Waals surface area contributed by atoms with E-state index in [-0.39, 0.29) is 0 Å². The summed E-state index contributed by atoms with van der Waals surface area (Å²) >= 11 is 3.43. The smallest absolute Gasteiger partial charge is 0.0734 e. The zero-order chi connectivity index (χ0) is 8.55. The number of halogens is 1. The molecule has 3 heteroatoms. The maximum absolute atomic E-state index is 5.79. The summed E-state index contributed by atoms with van der Waals surface area (Å²) in [5.74, 6) is 0. The van der Waals surface area contributed by atoms with Crippen LogP contribution >= 0.6 is 15.9 Å². The molecule has 12 heavy (non-hydrogen) atoms. The second-order valence-corrected chi connectivity index (χ2v) is 3.39. The summed E-state index contributed by atoms with van der Waals surface area (Å²) in [6.45, 7) is 0. The number of anilines is 1. The quantitative estimate of drug-likeness (QED) is 0.745. The lowest BCUT2D eigenvalue weighted by atomic mass is 10.2. The molecule has 2 rings (SSSR count). The summed E-state index contributed by atoms with van der Waals surface area (Å²) < 4.78 is 0.991. The van der Waals surface area contributed by atoms with Crippen molar-refractivity contribution in [1.29, 1.82) is 0 Å². The number of nitrogen functional groups attached to an aromatic ring is 1. The van der Waals surface area contributed by atoms with Crippen LogP contribution in [0, 0.1) is 0 Å². The molecule has 60 valence electrons. The van der Waals surface area contributed by atoms with Crippen LogP contribution in [0.15, 0.2) is 34.9 Å². The maximum Gasteiger partial charge on any atom is 0.0734 e. The first kappa shape index (κ1) is 7.55. The van der Waals surface area contributed by atoms with Crippen molar-refractivity contribution in [2.75, 3.05) is 5.73 Å². The van der Waals surface area contributed by atoms with Gasteiger partial charge in [0.2, 0.25) is 0 Å². The van der Waals surface area contributed by atoms with Crippen LogP contribution < -0.4 is 5.73 Å². The van der Waals surface area contributed by atoms with Crippen LogP contribution in [-0.4, -0.2) is 4.98 Å². The van der Waals surface area contributed by atoms with E-state index in [1.807, 2.05) is 18.2 Å². The van der Waals surface area contributed by atoms with E-state index in [1.165, 1.54) is 0 Å². The Balaban J connectivity index is 2.96. The van der Waals surface area contributed by atoms with Gasteiger partial charge in [0.15, 0.2) is 0 Å². The number of hydrogen-bond donors (Lipinski definition) is 1. The number of pyridine rings is 1. The number of benzene rings is 1. The molecule has 0 spiro atoms. The highest BCUT2D eigenvalue weighted by molar-refractivity contribution is 9.10. The highest BCUT2D eigenvalue weighted by Gasteiger charge is 2.00. The van der Waals surface area contributed by atoms with Crippen LogP contribution in [0.1, 0.15) is 0 Å². The van der Waals surface area contributed by atoms with Gasteiger partial charge in [0.1, 0.15) is 0 Å². The summed E-state index contributed by atoms with van der Waals surface area (Å²) in [6.07, 6.45) is 1.71. The number of rotatable bonds is 0. The third-order valence-electron chi connectivity index (χ3n) is 1.75. The first-order chi connectivity index (χ1) is 5.79. The Labute approximate surface area is 78.5 Å². The minimum Gasteiger partial charge on any atom is -0.398 e. The molecule has 0 saturated heterocycles. The number of nitrogens with two attached hydrogens (primary N) is 1. The van der Waals surface area contributed by atoms with Crippen molar-refractivity contribution in [3.05, 3.63) is 34.9 Å². The molecule has 0 aliphatic carbocycles. The zero-order valence-electron chi connectivity index (χ0n) is 6.29. The van der Waals surface area contributed by atoms with Gasteiger partial charge in [-0.05, 0) is 18.2 Å². The summed E-state index contributed by atoms with van der Waals surface area (Å²) in [5.41, 5.74) is 7.46. The third-order valence-corrected chi connectivity index (χ3v) is 2.41. The van der Waals surface area contributed by atoms with Crippen LogP contribution in [0.4, 0.5) is 5.69 Å². The zero-order valence-corrected chi connectivity index (χ0v) is 7.88. The Hall–Kier alpha value is -1.09. The van der Waals surface area contributed by atoms with Crippen molar-refractivity contribution < 1.29 is 0 Å². The third kappa shape index (κ3) is 1.06. The fourth-order valence-corrected chi connectivity index (χ4v) is 1.77. The summed E-state index contributed by atoms with van der Waals surface area (Å²) in [6, 6.07) is 7.64. The molecular weight excluding hydrogens is 216 g/mol.